The Kier molecular flexibility index (Phi) is 4.45. The highest BCUT2D eigenvalue weighted by Crippen LogP contribution is 2.24. The van der Waals surface area contributed by atoms with Crippen molar-refractivity contribution in [3.05, 3.63) is 23.8 Å². The molecule has 2 rings (SSSR count). The monoisotopic (exact) mass is 278 g/mol. The highest BCUT2D eigenvalue weighted by Gasteiger charge is 2.19. The zero-order valence-electron chi connectivity index (χ0n) is 11.2. The normalized spacial score (nSPS) is 14.9. The van der Waals surface area contributed by atoms with E-state index in [-0.39, 0.29) is 29.5 Å². The summed E-state index contributed by atoms with van der Waals surface area (Å²) in [5.41, 5.74) is 5.64. The number of nitrogens with zero attached hydrogens (tertiary/aromatic N) is 1. The first-order valence-corrected chi connectivity index (χ1v) is 6.62. The van der Waals surface area contributed by atoms with E-state index in [0.717, 1.165) is 32.4 Å². The zero-order valence-corrected chi connectivity index (χ0v) is 11.2. The number of carbonyl (C=O) groups is 2. The van der Waals surface area contributed by atoms with Crippen molar-refractivity contribution >= 4 is 17.6 Å². The van der Waals surface area contributed by atoms with Crippen LogP contribution in [0.4, 0.5) is 5.69 Å². The first-order chi connectivity index (χ1) is 9.59. The van der Waals surface area contributed by atoms with Crippen LogP contribution in [0.3, 0.4) is 0 Å². The maximum atomic E-state index is 12.0. The van der Waals surface area contributed by atoms with Crippen molar-refractivity contribution in [2.24, 2.45) is 0 Å². The molecule has 0 radical (unpaired) electrons. The summed E-state index contributed by atoms with van der Waals surface area (Å²) < 4.78 is 5.34. The van der Waals surface area contributed by atoms with E-state index in [2.05, 4.69) is 0 Å². The Labute approximate surface area is 117 Å². The minimum absolute atomic E-state index is 0.0982. The number of nitrogen functional groups attached to an aromatic ring is 1. The highest BCUT2D eigenvalue weighted by atomic mass is 16.5. The molecule has 1 aromatic carbocycles. The molecule has 1 aliphatic rings. The number of amides is 1. The van der Waals surface area contributed by atoms with Crippen LogP contribution in [-0.4, -0.2) is 41.6 Å². The lowest BCUT2D eigenvalue weighted by atomic mass is 10.1. The number of nitrogens with two attached hydrogens (primary N) is 1. The van der Waals surface area contributed by atoms with E-state index < -0.39 is 5.97 Å². The number of aromatic carboxylic acids is 1. The number of rotatable bonds is 4. The predicted molar refractivity (Wildman–Crippen MR) is 73.7 cm³/mol. The van der Waals surface area contributed by atoms with Gasteiger partial charge in [-0.3, -0.25) is 4.79 Å². The Morgan fingerprint density at radius 2 is 1.95 bits per heavy atom. The summed E-state index contributed by atoms with van der Waals surface area (Å²) in [6, 6.07) is 4.59. The first kappa shape index (κ1) is 14.2. The number of hydrogen-bond donors (Lipinski definition) is 2. The van der Waals surface area contributed by atoms with Gasteiger partial charge in [-0.1, -0.05) is 6.07 Å². The fourth-order valence-corrected chi connectivity index (χ4v) is 2.27. The van der Waals surface area contributed by atoms with Gasteiger partial charge < -0.3 is 20.5 Å². The van der Waals surface area contributed by atoms with E-state index >= 15 is 0 Å². The number of carbonyl (C=O) groups excluding carboxylic acids is 1. The molecule has 1 aromatic rings. The average molecular weight is 278 g/mol. The van der Waals surface area contributed by atoms with Crippen molar-refractivity contribution in [1.29, 1.82) is 0 Å². The van der Waals surface area contributed by atoms with Crippen LogP contribution >= 0.6 is 0 Å². The lowest BCUT2D eigenvalue weighted by Gasteiger charge is -2.26. The largest absolute Gasteiger partial charge is 0.483 e. The second-order valence-electron chi connectivity index (χ2n) is 4.76. The number of carboxylic acids is 1. The van der Waals surface area contributed by atoms with Gasteiger partial charge in [0.1, 0.15) is 11.3 Å². The Morgan fingerprint density at radius 1 is 1.25 bits per heavy atom. The van der Waals surface area contributed by atoms with Crippen molar-refractivity contribution in [2.75, 3.05) is 25.4 Å². The molecule has 6 heteroatoms. The highest BCUT2D eigenvalue weighted by molar-refractivity contribution is 5.96. The third-order valence-electron chi connectivity index (χ3n) is 3.33. The van der Waals surface area contributed by atoms with Gasteiger partial charge in [-0.2, -0.15) is 0 Å². The molecule has 1 aliphatic heterocycles. The molecule has 108 valence electrons. The summed E-state index contributed by atoms with van der Waals surface area (Å²) in [7, 11) is 0. The van der Waals surface area contributed by atoms with Crippen molar-refractivity contribution in [2.45, 2.75) is 19.3 Å². The minimum atomic E-state index is -1.16. The maximum absolute atomic E-state index is 12.0. The van der Waals surface area contributed by atoms with E-state index in [4.69, 9.17) is 15.6 Å². The molecule has 20 heavy (non-hydrogen) atoms. The van der Waals surface area contributed by atoms with Gasteiger partial charge in [0, 0.05) is 18.8 Å². The van der Waals surface area contributed by atoms with E-state index in [1.807, 2.05) is 0 Å². The van der Waals surface area contributed by atoms with Crippen LogP contribution in [0.1, 0.15) is 29.6 Å². The van der Waals surface area contributed by atoms with Crippen molar-refractivity contribution < 1.29 is 19.4 Å². The van der Waals surface area contributed by atoms with Gasteiger partial charge in [0.05, 0.1) is 0 Å². The molecule has 1 fully saturated rings. The van der Waals surface area contributed by atoms with Gasteiger partial charge in [-0.05, 0) is 31.4 Å². The van der Waals surface area contributed by atoms with Gasteiger partial charge >= 0.3 is 5.97 Å². The zero-order chi connectivity index (χ0) is 14.5. The fourth-order valence-electron chi connectivity index (χ4n) is 2.27. The molecule has 1 saturated heterocycles. The number of hydrogen-bond acceptors (Lipinski definition) is 4. The molecule has 6 nitrogen and oxygen atoms in total. The molecule has 0 bridgehead atoms. The van der Waals surface area contributed by atoms with Crippen LogP contribution in [0, 0.1) is 0 Å². The first-order valence-electron chi connectivity index (χ1n) is 6.62. The molecule has 0 aliphatic carbocycles. The van der Waals surface area contributed by atoms with Crippen molar-refractivity contribution in [3.63, 3.8) is 0 Å². The standard InChI is InChI=1S/C14H18N2O4/c15-10-5-4-6-11(13(10)14(18)19)20-9-12(17)16-7-2-1-3-8-16/h4-6H,1-3,7-9,15H2,(H,18,19). The maximum Gasteiger partial charge on any atom is 0.341 e. The lowest BCUT2D eigenvalue weighted by molar-refractivity contribution is -0.134. The van der Waals surface area contributed by atoms with E-state index in [9.17, 15) is 9.59 Å². The third-order valence-corrected chi connectivity index (χ3v) is 3.33. The smallest absolute Gasteiger partial charge is 0.341 e. The van der Waals surface area contributed by atoms with Crippen LogP contribution in [0.15, 0.2) is 18.2 Å². The number of benzene rings is 1. The molecule has 0 saturated carbocycles. The lowest BCUT2D eigenvalue weighted by Crippen LogP contribution is -2.38. The molecule has 1 heterocycles. The summed E-state index contributed by atoms with van der Waals surface area (Å²) in [4.78, 5) is 24.8. The molecule has 3 N–H and O–H groups in total. The molecule has 0 atom stereocenters. The van der Waals surface area contributed by atoms with Crippen LogP contribution in [-0.2, 0) is 4.79 Å². The van der Waals surface area contributed by atoms with Crippen molar-refractivity contribution in [1.82, 2.24) is 4.90 Å². The molecule has 0 unspecified atom stereocenters. The van der Waals surface area contributed by atoms with E-state index in [1.54, 1.807) is 11.0 Å². The molecule has 0 spiro atoms. The van der Waals surface area contributed by atoms with E-state index in [1.165, 1.54) is 12.1 Å². The summed E-state index contributed by atoms with van der Waals surface area (Å²) in [6.45, 7) is 1.32. The summed E-state index contributed by atoms with van der Waals surface area (Å²) in [6.07, 6.45) is 3.15. The summed E-state index contributed by atoms with van der Waals surface area (Å²) in [5.74, 6) is -1.16. The topological polar surface area (TPSA) is 92.9 Å². The number of piperidine rings is 1. The molecular weight excluding hydrogens is 260 g/mol. The van der Waals surface area contributed by atoms with Gasteiger partial charge in [0.15, 0.2) is 6.61 Å². The number of likely N-dealkylation sites (tertiary alicyclic amines) is 1. The Hall–Kier alpha value is -2.24. The van der Waals surface area contributed by atoms with E-state index in [0.29, 0.717) is 0 Å². The second kappa shape index (κ2) is 6.27. The Balaban J connectivity index is 2.02. The van der Waals surface area contributed by atoms with Crippen LogP contribution < -0.4 is 10.5 Å². The van der Waals surface area contributed by atoms with Crippen LogP contribution in [0.5, 0.6) is 5.75 Å². The average Bonchev–Trinajstić information content (AvgIpc) is 2.45. The Bertz CT molecular complexity index is 510. The van der Waals surface area contributed by atoms with Gasteiger partial charge in [-0.25, -0.2) is 4.79 Å². The number of ether oxygens (including phenoxy) is 1. The van der Waals surface area contributed by atoms with Gasteiger partial charge in [0.25, 0.3) is 5.91 Å². The summed E-state index contributed by atoms with van der Waals surface area (Å²) in [5, 5.41) is 9.11. The quantitative estimate of drug-likeness (QED) is 0.811. The SMILES string of the molecule is Nc1cccc(OCC(=O)N2CCCCC2)c1C(=O)O. The van der Waals surface area contributed by atoms with Crippen LogP contribution in [0.2, 0.25) is 0 Å². The predicted octanol–water partition coefficient (Wildman–Crippen LogP) is 1.36. The van der Waals surface area contributed by atoms with Crippen molar-refractivity contribution in [3.8, 4) is 5.75 Å². The minimum Gasteiger partial charge on any atom is -0.483 e. The van der Waals surface area contributed by atoms with Crippen LogP contribution in [0.25, 0.3) is 0 Å². The summed E-state index contributed by atoms with van der Waals surface area (Å²) >= 11 is 0. The number of anilines is 1. The second-order valence-corrected chi connectivity index (χ2v) is 4.76. The number of carboxylic acid groups (broad SMARTS) is 1. The fraction of sp³-hybridized carbons (Fsp3) is 0.429. The molecule has 1 amide bonds. The van der Waals surface area contributed by atoms with Gasteiger partial charge in [0.2, 0.25) is 0 Å². The van der Waals surface area contributed by atoms with Gasteiger partial charge in [-0.15, -0.1) is 0 Å². The molecular formula is C14H18N2O4. The molecule has 0 aromatic heterocycles. The third kappa shape index (κ3) is 3.20. The Morgan fingerprint density at radius 3 is 2.60 bits per heavy atom.